The molecule has 6 heteroatoms. The number of carbonyl (C=O) groups excluding carboxylic acids is 2. The molecule has 1 aliphatic rings. The first-order valence-electron chi connectivity index (χ1n) is 7.70. The minimum Gasteiger partial charge on any atom is -0.469 e. The van der Waals surface area contributed by atoms with Crippen LogP contribution in [0.3, 0.4) is 0 Å². The Hall–Kier alpha value is -1.14. The molecule has 21 heavy (non-hydrogen) atoms. The average molecular weight is 300 g/mol. The zero-order valence-electron chi connectivity index (χ0n) is 13.6. The smallest absolute Gasteiger partial charge is 0.308 e. The van der Waals surface area contributed by atoms with Crippen LogP contribution in [0, 0.1) is 0 Å². The summed E-state index contributed by atoms with van der Waals surface area (Å²) >= 11 is 0. The number of methoxy groups -OCH3 is 1. The number of morpholine rings is 1. The van der Waals surface area contributed by atoms with Crippen LogP contribution < -0.4 is 5.32 Å². The van der Waals surface area contributed by atoms with E-state index >= 15 is 0 Å². The van der Waals surface area contributed by atoms with E-state index in [0.717, 1.165) is 12.8 Å². The summed E-state index contributed by atoms with van der Waals surface area (Å²) in [5, 5.41) is 3.03. The molecule has 0 aromatic heterocycles. The summed E-state index contributed by atoms with van der Waals surface area (Å²) in [5.41, 5.74) is 0. The van der Waals surface area contributed by atoms with Gasteiger partial charge in [-0.1, -0.05) is 13.3 Å². The van der Waals surface area contributed by atoms with E-state index in [4.69, 9.17) is 4.74 Å². The molecule has 1 N–H and O–H groups in total. The van der Waals surface area contributed by atoms with Crippen LogP contribution in [0.15, 0.2) is 0 Å². The molecule has 1 aliphatic heterocycles. The maximum atomic E-state index is 12.2. The minimum absolute atomic E-state index is 0.0367. The Labute approximate surface area is 127 Å². The van der Waals surface area contributed by atoms with Gasteiger partial charge in [0.1, 0.15) is 0 Å². The van der Waals surface area contributed by atoms with Crippen molar-refractivity contribution < 1.29 is 19.1 Å². The summed E-state index contributed by atoms with van der Waals surface area (Å²) in [6, 6.07) is -0.0230. The van der Waals surface area contributed by atoms with Crippen molar-refractivity contribution in [3.05, 3.63) is 0 Å². The monoisotopic (exact) mass is 300 g/mol. The Morgan fingerprint density at radius 1 is 1.43 bits per heavy atom. The van der Waals surface area contributed by atoms with E-state index in [-0.39, 0.29) is 36.5 Å². The molecule has 1 saturated heterocycles. The predicted molar refractivity (Wildman–Crippen MR) is 79.9 cm³/mol. The molecule has 0 aromatic rings. The number of hydrogen-bond acceptors (Lipinski definition) is 5. The molecule has 0 aliphatic carbocycles. The zero-order valence-corrected chi connectivity index (χ0v) is 13.6. The lowest BCUT2D eigenvalue weighted by Gasteiger charge is -2.36. The number of nitrogens with zero attached hydrogens (tertiary/aromatic N) is 1. The molecule has 3 atom stereocenters. The van der Waals surface area contributed by atoms with Crippen molar-refractivity contribution in [3.63, 3.8) is 0 Å². The highest BCUT2D eigenvalue weighted by Crippen LogP contribution is 2.13. The second-order valence-corrected chi connectivity index (χ2v) is 5.64. The molecule has 6 nitrogen and oxygen atoms in total. The van der Waals surface area contributed by atoms with Crippen molar-refractivity contribution in [2.75, 3.05) is 26.8 Å². The molecule has 122 valence electrons. The van der Waals surface area contributed by atoms with Crippen LogP contribution in [0.2, 0.25) is 0 Å². The van der Waals surface area contributed by atoms with Gasteiger partial charge >= 0.3 is 5.97 Å². The maximum Gasteiger partial charge on any atom is 0.308 e. The number of esters is 1. The van der Waals surface area contributed by atoms with Gasteiger partial charge in [0, 0.05) is 19.1 Å². The van der Waals surface area contributed by atoms with E-state index in [1.165, 1.54) is 7.11 Å². The van der Waals surface area contributed by atoms with Gasteiger partial charge in [-0.25, -0.2) is 0 Å². The lowest BCUT2D eigenvalue weighted by molar-refractivity contribution is -0.146. The number of rotatable bonds is 7. The zero-order chi connectivity index (χ0) is 15.8. The lowest BCUT2D eigenvalue weighted by atomic mass is 10.1. The van der Waals surface area contributed by atoms with Gasteiger partial charge in [-0.15, -0.1) is 0 Å². The Morgan fingerprint density at radius 2 is 2.14 bits per heavy atom. The van der Waals surface area contributed by atoms with Crippen molar-refractivity contribution in [2.24, 2.45) is 0 Å². The Kier molecular flexibility index (Phi) is 7.67. The quantitative estimate of drug-likeness (QED) is 0.709. The van der Waals surface area contributed by atoms with E-state index in [1.54, 1.807) is 0 Å². The minimum atomic E-state index is -0.282. The molecule has 1 heterocycles. The molecular formula is C15H28N2O4. The van der Waals surface area contributed by atoms with Gasteiger partial charge in [0.25, 0.3) is 0 Å². The molecule has 0 aromatic carbocycles. The Morgan fingerprint density at radius 3 is 2.76 bits per heavy atom. The highest BCUT2D eigenvalue weighted by atomic mass is 16.5. The highest BCUT2D eigenvalue weighted by molar-refractivity contribution is 5.81. The van der Waals surface area contributed by atoms with Crippen LogP contribution in [0.4, 0.5) is 0 Å². The fraction of sp³-hybridized carbons (Fsp3) is 0.867. The molecule has 0 spiro atoms. The van der Waals surface area contributed by atoms with Gasteiger partial charge in [-0.2, -0.15) is 0 Å². The first-order valence-corrected chi connectivity index (χ1v) is 7.70. The van der Waals surface area contributed by atoms with Crippen LogP contribution in [0.1, 0.15) is 40.0 Å². The van der Waals surface area contributed by atoms with Gasteiger partial charge in [0.15, 0.2) is 0 Å². The molecule has 1 amide bonds. The van der Waals surface area contributed by atoms with Crippen LogP contribution in [-0.2, 0) is 19.1 Å². The number of amides is 1. The van der Waals surface area contributed by atoms with Gasteiger partial charge in [-0.05, 0) is 20.3 Å². The van der Waals surface area contributed by atoms with Crippen molar-refractivity contribution >= 4 is 11.9 Å². The number of hydrogen-bond donors (Lipinski definition) is 1. The number of nitrogens with one attached hydrogen (secondary N) is 1. The van der Waals surface area contributed by atoms with E-state index in [0.29, 0.717) is 19.7 Å². The Balaban J connectivity index is 2.47. The van der Waals surface area contributed by atoms with E-state index < -0.39 is 0 Å². The van der Waals surface area contributed by atoms with Crippen molar-refractivity contribution in [1.82, 2.24) is 10.2 Å². The summed E-state index contributed by atoms with van der Waals surface area (Å²) in [6.07, 6.45) is 2.06. The normalized spacial score (nSPS) is 22.4. The molecule has 1 fully saturated rings. The summed E-state index contributed by atoms with van der Waals surface area (Å²) < 4.78 is 10.2. The molecule has 3 unspecified atom stereocenters. The second kappa shape index (κ2) is 9.00. The summed E-state index contributed by atoms with van der Waals surface area (Å²) in [4.78, 5) is 25.6. The third-order valence-corrected chi connectivity index (χ3v) is 3.83. The lowest BCUT2D eigenvalue weighted by Crippen LogP contribution is -2.53. The third-order valence-electron chi connectivity index (χ3n) is 3.83. The number of ether oxygens (including phenoxy) is 2. The molecule has 0 radical (unpaired) electrons. The maximum absolute atomic E-state index is 12.2. The standard InChI is InChI=1S/C15H28N2O4/c1-5-6-11(2)16-15(19)12(3)17-7-8-21-13(10-17)9-14(18)20-4/h11-13H,5-10H2,1-4H3,(H,16,19). The largest absolute Gasteiger partial charge is 0.469 e. The van der Waals surface area contributed by atoms with Crippen LogP contribution >= 0.6 is 0 Å². The first-order chi connectivity index (χ1) is 9.97. The van der Waals surface area contributed by atoms with Crippen molar-refractivity contribution in [3.8, 4) is 0 Å². The van der Waals surface area contributed by atoms with Crippen molar-refractivity contribution in [1.29, 1.82) is 0 Å². The predicted octanol–water partition coefficient (Wildman–Crippen LogP) is 0.944. The number of carbonyl (C=O) groups is 2. The average Bonchev–Trinajstić information content (AvgIpc) is 2.46. The SMILES string of the molecule is CCCC(C)NC(=O)C(C)N1CCOC(CC(=O)OC)C1. The molecule has 0 bridgehead atoms. The fourth-order valence-electron chi connectivity index (χ4n) is 2.52. The topological polar surface area (TPSA) is 67.9 Å². The van der Waals surface area contributed by atoms with E-state index in [1.807, 2.05) is 13.8 Å². The van der Waals surface area contributed by atoms with Crippen LogP contribution in [0.5, 0.6) is 0 Å². The van der Waals surface area contributed by atoms with Crippen LogP contribution in [0.25, 0.3) is 0 Å². The van der Waals surface area contributed by atoms with Gasteiger partial charge < -0.3 is 14.8 Å². The van der Waals surface area contributed by atoms with Gasteiger partial charge in [-0.3, -0.25) is 14.5 Å². The Bertz CT molecular complexity index is 349. The van der Waals surface area contributed by atoms with Crippen LogP contribution in [-0.4, -0.2) is 61.8 Å². The van der Waals surface area contributed by atoms with E-state index in [2.05, 4.69) is 21.9 Å². The fourth-order valence-corrected chi connectivity index (χ4v) is 2.52. The summed E-state index contributed by atoms with van der Waals surface area (Å²) in [6.45, 7) is 7.83. The van der Waals surface area contributed by atoms with E-state index in [9.17, 15) is 9.59 Å². The highest BCUT2D eigenvalue weighted by Gasteiger charge is 2.29. The van der Waals surface area contributed by atoms with Gasteiger partial charge in [0.05, 0.1) is 32.3 Å². The first kappa shape index (κ1) is 17.9. The molecular weight excluding hydrogens is 272 g/mol. The molecule has 1 rings (SSSR count). The summed E-state index contributed by atoms with van der Waals surface area (Å²) in [5.74, 6) is -0.245. The van der Waals surface area contributed by atoms with Gasteiger partial charge in [0.2, 0.25) is 5.91 Å². The second-order valence-electron chi connectivity index (χ2n) is 5.64. The van der Waals surface area contributed by atoms with Crippen molar-refractivity contribution in [2.45, 2.75) is 58.2 Å². The molecule has 0 saturated carbocycles. The third kappa shape index (κ3) is 6.01. The summed E-state index contributed by atoms with van der Waals surface area (Å²) in [7, 11) is 1.37.